The minimum Gasteiger partial charge on any atom is -0.471 e. The Bertz CT molecular complexity index is 905. The monoisotopic (exact) mass is 383 g/mol. The third-order valence-corrected chi connectivity index (χ3v) is 6.09. The van der Waals surface area contributed by atoms with Crippen LogP contribution in [0.5, 0.6) is 5.88 Å². The maximum Gasteiger partial charge on any atom is 0.225 e. The number of thiophene rings is 1. The van der Waals surface area contributed by atoms with Gasteiger partial charge in [-0.3, -0.25) is 0 Å². The molecule has 0 bridgehead atoms. The van der Waals surface area contributed by atoms with Crippen LogP contribution in [0.15, 0.2) is 17.5 Å². The quantitative estimate of drug-likeness (QED) is 0.695. The molecule has 3 aromatic rings. The second-order valence-electron chi connectivity index (χ2n) is 6.98. The molecule has 8 heteroatoms. The number of aryl methyl sites for hydroxylation is 1. The summed E-state index contributed by atoms with van der Waals surface area (Å²) in [5.41, 5.74) is 4.51. The number of rotatable bonds is 4. The van der Waals surface area contributed by atoms with Gasteiger partial charge in [-0.05, 0) is 53.1 Å². The van der Waals surface area contributed by atoms with E-state index in [9.17, 15) is 0 Å². The molecule has 5 rings (SSSR count). The number of aromatic nitrogens is 5. The van der Waals surface area contributed by atoms with E-state index in [4.69, 9.17) is 14.5 Å². The van der Waals surface area contributed by atoms with Crippen molar-refractivity contribution in [2.75, 3.05) is 13.2 Å². The first-order valence-corrected chi connectivity index (χ1v) is 10.4. The van der Waals surface area contributed by atoms with E-state index in [-0.39, 0.29) is 6.10 Å². The Balaban J connectivity index is 1.74. The van der Waals surface area contributed by atoms with Crippen molar-refractivity contribution in [1.29, 1.82) is 0 Å². The lowest BCUT2D eigenvalue weighted by Crippen LogP contribution is -2.18. The van der Waals surface area contributed by atoms with Gasteiger partial charge in [0.2, 0.25) is 5.88 Å². The second-order valence-corrected chi connectivity index (χ2v) is 7.93. The number of H-pyrrole nitrogens is 1. The van der Waals surface area contributed by atoms with Gasteiger partial charge in [0.1, 0.15) is 6.10 Å². The minimum atomic E-state index is 0.0205. The van der Waals surface area contributed by atoms with Crippen LogP contribution in [0.1, 0.15) is 36.9 Å². The van der Waals surface area contributed by atoms with Gasteiger partial charge in [-0.2, -0.15) is 0 Å². The molecule has 3 aromatic heterocycles. The van der Waals surface area contributed by atoms with Crippen LogP contribution in [0.2, 0.25) is 0 Å². The zero-order valence-corrected chi connectivity index (χ0v) is 15.8. The molecule has 2 aliphatic rings. The standard InChI is InChI=1S/C19H21N5O2S/c1-2-5-13-14(6-3-1)20-19(26-12-8-9-25-11-12)17(18-21-23-24-22-18)16(13)15-7-4-10-27-15/h4,7,10,12H,1-3,5-6,8-9,11H2,(H,21,22,23,24). The van der Waals surface area contributed by atoms with Crippen LogP contribution in [0.25, 0.3) is 21.8 Å². The number of hydrogen-bond acceptors (Lipinski definition) is 7. The molecule has 1 N–H and O–H groups in total. The highest BCUT2D eigenvalue weighted by Crippen LogP contribution is 2.44. The number of fused-ring (bicyclic) bond motifs is 1. The predicted octanol–water partition coefficient (Wildman–Crippen LogP) is 3.43. The fourth-order valence-corrected chi connectivity index (χ4v) is 4.73. The normalized spacial score (nSPS) is 19.6. The van der Waals surface area contributed by atoms with Crippen molar-refractivity contribution in [1.82, 2.24) is 25.6 Å². The smallest absolute Gasteiger partial charge is 0.225 e. The fraction of sp³-hybridized carbons (Fsp3) is 0.474. The average molecular weight is 383 g/mol. The molecule has 0 aromatic carbocycles. The molecule has 1 aliphatic carbocycles. The van der Waals surface area contributed by atoms with Crippen LogP contribution < -0.4 is 4.74 Å². The summed E-state index contributed by atoms with van der Waals surface area (Å²) in [5.74, 6) is 1.22. The molecule has 1 saturated heterocycles. The third kappa shape index (κ3) is 3.23. The van der Waals surface area contributed by atoms with Crippen molar-refractivity contribution >= 4 is 11.3 Å². The molecule has 1 fully saturated rings. The van der Waals surface area contributed by atoms with Gasteiger partial charge >= 0.3 is 0 Å². The van der Waals surface area contributed by atoms with E-state index in [0.717, 1.165) is 37.1 Å². The number of nitrogens with zero attached hydrogens (tertiary/aromatic N) is 4. The molecular weight excluding hydrogens is 362 g/mol. The van der Waals surface area contributed by atoms with Crippen LogP contribution in [0, 0.1) is 0 Å². The van der Waals surface area contributed by atoms with E-state index in [1.54, 1.807) is 11.3 Å². The molecule has 0 saturated carbocycles. The molecule has 0 radical (unpaired) electrons. The van der Waals surface area contributed by atoms with E-state index >= 15 is 0 Å². The lowest BCUT2D eigenvalue weighted by atomic mass is 9.95. The Labute approximate surface area is 161 Å². The lowest BCUT2D eigenvalue weighted by Gasteiger charge is -2.20. The number of nitrogens with one attached hydrogen (secondary N) is 1. The lowest BCUT2D eigenvalue weighted by molar-refractivity contribution is 0.138. The van der Waals surface area contributed by atoms with Gasteiger partial charge in [0.15, 0.2) is 5.82 Å². The molecule has 27 heavy (non-hydrogen) atoms. The summed E-state index contributed by atoms with van der Waals surface area (Å²) >= 11 is 1.73. The van der Waals surface area contributed by atoms with Gasteiger partial charge in [-0.25, -0.2) is 10.1 Å². The van der Waals surface area contributed by atoms with Crippen LogP contribution >= 0.6 is 11.3 Å². The molecule has 4 heterocycles. The summed E-state index contributed by atoms with van der Waals surface area (Å²) in [5, 5.41) is 16.8. The molecule has 140 valence electrons. The minimum absolute atomic E-state index is 0.0205. The van der Waals surface area contributed by atoms with Gasteiger partial charge < -0.3 is 9.47 Å². The first kappa shape index (κ1) is 16.8. The number of tetrazole rings is 1. The number of ether oxygens (including phenoxy) is 2. The number of pyridine rings is 1. The largest absolute Gasteiger partial charge is 0.471 e. The SMILES string of the molecule is c1csc(-c2c3c(nc(OC4CCOC4)c2-c2nnn[nH]2)CCCCC3)c1. The van der Waals surface area contributed by atoms with Crippen LogP contribution in [0.4, 0.5) is 0 Å². The van der Waals surface area contributed by atoms with Crippen LogP contribution in [-0.4, -0.2) is 44.9 Å². The first-order valence-electron chi connectivity index (χ1n) is 9.48. The summed E-state index contributed by atoms with van der Waals surface area (Å²) in [7, 11) is 0. The maximum atomic E-state index is 6.33. The fourth-order valence-electron chi connectivity index (χ4n) is 3.92. The highest BCUT2D eigenvalue weighted by atomic mass is 32.1. The molecule has 1 unspecified atom stereocenters. The van der Waals surface area contributed by atoms with Crippen molar-refractivity contribution in [2.24, 2.45) is 0 Å². The highest BCUT2D eigenvalue weighted by molar-refractivity contribution is 7.13. The Morgan fingerprint density at radius 1 is 1.19 bits per heavy atom. The zero-order chi connectivity index (χ0) is 18.1. The van der Waals surface area contributed by atoms with E-state index in [2.05, 4.69) is 38.1 Å². The highest BCUT2D eigenvalue weighted by Gasteiger charge is 2.28. The van der Waals surface area contributed by atoms with E-state index in [1.807, 2.05) is 0 Å². The first-order chi connectivity index (χ1) is 13.4. The maximum absolute atomic E-state index is 6.33. The topological polar surface area (TPSA) is 85.8 Å². The van der Waals surface area contributed by atoms with Crippen molar-refractivity contribution in [3.63, 3.8) is 0 Å². The van der Waals surface area contributed by atoms with E-state index < -0.39 is 0 Å². The zero-order valence-electron chi connectivity index (χ0n) is 15.0. The summed E-state index contributed by atoms with van der Waals surface area (Å²) in [6, 6.07) is 4.23. The van der Waals surface area contributed by atoms with Gasteiger partial charge in [-0.15, -0.1) is 16.4 Å². The van der Waals surface area contributed by atoms with Crippen molar-refractivity contribution in [3.05, 3.63) is 28.8 Å². The number of aromatic amines is 1. The molecule has 7 nitrogen and oxygen atoms in total. The Morgan fingerprint density at radius 2 is 2.15 bits per heavy atom. The molecule has 0 spiro atoms. The van der Waals surface area contributed by atoms with Gasteiger partial charge in [0.05, 0.1) is 18.8 Å². The van der Waals surface area contributed by atoms with Gasteiger partial charge in [0, 0.05) is 22.6 Å². The number of hydrogen-bond donors (Lipinski definition) is 1. The van der Waals surface area contributed by atoms with E-state index in [1.165, 1.54) is 35.3 Å². The van der Waals surface area contributed by atoms with Gasteiger partial charge in [0.25, 0.3) is 0 Å². The molecular formula is C19H21N5O2S. The summed E-state index contributed by atoms with van der Waals surface area (Å²) in [6.07, 6.45) is 6.48. The Kier molecular flexibility index (Phi) is 4.59. The molecule has 1 atom stereocenters. The van der Waals surface area contributed by atoms with Crippen molar-refractivity contribution in [2.45, 2.75) is 44.6 Å². The summed E-state index contributed by atoms with van der Waals surface area (Å²) in [6.45, 7) is 1.33. The van der Waals surface area contributed by atoms with Crippen molar-refractivity contribution < 1.29 is 9.47 Å². The van der Waals surface area contributed by atoms with Crippen LogP contribution in [-0.2, 0) is 17.6 Å². The summed E-state index contributed by atoms with van der Waals surface area (Å²) in [4.78, 5) is 6.18. The summed E-state index contributed by atoms with van der Waals surface area (Å²) < 4.78 is 11.8. The van der Waals surface area contributed by atoms with Crippen molar-refractivity contribution in [3.8, 4) is 27.7 Å². The molecule has 0 amide bonds. The second kappa shape index (κ2) is 7.36. The third-order valence-electron chi connectivity index (χ3n) is 5.21. The average Bonchev–Trinajstić information content (AvgIpc) is 3.43. The Hall–Kier alpha value is -2.32. The molecule has 1 aliphatic heterocycles. The van der Waals surface area contributed by atoms with E-state index in [0.29, 0.717) is 18.3 Å². The predicted molar refractivity (Wildman–Crippen MR) is 102 cm³/mol. The van der Waals surface area contributed by atoms with Gasteiger partial charge in [-0.1, -0.05) is 12.5 Å². The van der Waals surface area contributed by atoms with Crippen LogP contribution in [0.3, 0.4) is 0 Å². The Morgan fingerprint density at radius 3 is 2.93 bits per heavy atom.